The molecule has 13 heavy (non-hydrogen) atoms. The fourth-order valence-corrected chi connectivity index (χ4v) is 1.44. The van der Waals surface area contributed by atoms with Crippen LogP contribution < -0.4 is 5.32 Å². The predicted octanol–water partition coefficient (Wildman–Crippen LogP) is 1.95. The Morgan fingerprint density at radius 1 is 1.54 bits per heavy atom. The summed E-state index contributed by atoms with van der Waals surface area (Å²) in [5.41, 5.74) is 0. The molecule has 4 heteroatoms. The standard InChI is InChI=1S/C9H15F2NO/c1-6(2)8(13)12-7-3-4-9(10,11)5-7/h6-7H,3-5H2,1-2H3,(H,12,13). The van der Waals surface area contributed by atoms with E-state index in [1.807, 2.05) is 0 Å². The Morgan fingerprint density at radius 2 is 2.15 bits per heavy atom. The number of alkyl halides is 2. The number of amides is 1. The lowest BCUT2D eigenvalue weighted by molar-refractivity contribution is -0.124. The van der Waals surface area contributed by atoms with E-state index in [0.29, 0.717) is 6.42 Å². The van der Waals surface area contributed by atoms with Gasteiger partial charge in [-0.3, -0.25) is 4.79 Å². The van der Waals surface area contributed by atoms with Crippen LogP contribution in [-0.4, -0.2) is 17.9 Å². The number of halogens is 2. The molecular weight excluding hydrogens is 176 g/mol. The first-order valence-corrected chi connectivity index (χ1v) is 4.59. The molecule has 0 radical (unpaired) electrons. The van der Waals surface area contributed by atoms with E-state index in [-0.39, 0.29) is 30.7 Å². The van der Waals surface area contributed by atoms with Crippen molar-refractivity contribution in [3.63, 3.8) is 0 Å². The van der Waals surface area contributed by atoms with Crippen molar-refractivity contribution in [1.82, 2.24) is 5.32 Å². The van der Waals surface area contributed by atoms with Gasteiger partial charge in [0, 0.05) is 24.8 Å². The summed E-state index contributed by atoms with van der Waals surface area (Å²) in [6.07, 6.45) is 0.0902. The summed E-state index contributed by atoms with van der Waals surface area (Å²) in [5, 5.41) is 2.61. The molecule has 0 saturated heterocycles. The summed E-state index contributed by atoms with van der Waals surface area (Å²) >= 11 is 0. The molecule has 1 unspecified atom stereocenters. The van der Waals surface area contributed by atoms with Crippen molar-refractivity contribution in [3.05, 3.63) is 0 Å². The second-order valence-electron chi connectivity index (χ2n) is 3.96. The van der Waals surface area contributed by atoms with Crippen LogP contribution in [0, 0.1) is 5.92 Å². The smallest absolute Gasteiger partial charge is 0.250 e. The summed E-state index contributed by atoms with van der Waals surface area (Å²) in [5.74, 6) is -2.84. The minimum Gasteiger partial charge on any atom is -0.353 e. The van der Waals surface area contributed by atoms with Crippen LogP contribution >= 0.6 is 0 Å². The van der Waals surface area contributed by atoms with Crippen LogP contribution in [0.15, 0.2) is 0 Å². The Balaban J connectivity index is 2.37. The average molecular weight is 191 g/mol. The van der Waals surface area contributed by atoms with E-state index in [1.54, 1.807) is 13.8 Å². The molecule has 1 aliphatic rings. The van der Waals surface area contributed by atoms with Gasteiger partial charge in [0.2, 0.25) is 11.8 Å². The maximum absolute atomic E-state index is 12.7. The molecule has 1 fully saturated rings. The zero-order valence-electron chi connectivity index (χ0n) is 7.94. The lowest BCUT2D eigenvalue weighted by Gasteiger charge is -2.14. The van der Waals surface area contributed by atoms with Gasteiger partial charge in [0.1, 0.15) is 0 Å². The third-order valence-electron chi connectivity index (χ3n) is 2.27. The Bertz CT molecular complexity index is 204. The van der Waals surface area contributed by atoms with Crippen LogP contribution in [0.5, 0.6) is 0 Å². The Hall–Kier alpha value is -0.670. The van der Waals surface area contributed by atoms with E-state index in [2.05, 4.69) is 5.32 Å². The average Bonchev–Trinajstić information content (AvgIpc) is 2.30. The molecule has 1 N–H and O–H groups in total. The predicted molar refractivity (Wildman–Crippen MR) is 45.6 cm³/mol. The van der Waals surface area contributed by atoms with Crippen molar-refractivity contribution >= 4 is 5.91 Å². The molecule has 1 saturated carbocycles. The summed E-state index contributed by atoms with van der Waals surface area (Å²) in [4.78, 5) is 11.2. The van der Waals surface area contributed by atoms with Crippen LogP contribution in [-0.2, 0) is 4.79 Å². The molecule has 1 atom stereocenters. The molecule has 0 aliphatic heterocycles. The molecule has 1 rings (SSSR count). The Kier molecular flexibility index (Phi) is 2.88. The van der Waals surface area contributed by atoms with E-state index in [0.717, 1.165) is 0 Å². The minimum atomic E-state index is -2.57. The van der Waals surface area contributed by atoms with Gasteiger partial charge in [0.05, 0.1) is 0 Å². The molecule has 0 aromatic carbocycles. The summed E-state index contributed by atoms with van der Waals surface area (Å²) < 4.78 is 25.4. The van der Waals surface area contributed by atoms with Crippen LogP contribution in [0.2, 0.25) is 0 Å². The van der Waals surface area contributed by atoms with Gasteiger partial charge in [-0.05, 0) is 6.42 Å². The van der Waals surface area contributed by atoms with Gasteiger partial charge in [-0.25, -0.2) is 8.78 Å². The number of nitrogens with one attached hydrogen (secondary N) is 1. The molecule has 0 aromatic heterocycles. The Morgan fingerprint density at radius 3 is 2.54 bits per heavy atom. The highest BCUT2D eigenvalue weighted by Crippen LogP contribution is 2.34. The summed E-state index contributed by atoms with van der Waals surface area (Å²) in [6, 6.07) is -0.329. The second-order valence-corrected chi connectivity index (χ2v) is 3.96. The van der Waals surface area contributed by atoms with E-state index in [9.17, 15) is 13.6 Å². The lowest BCUT2D eigenvalue weighted by Crippen LogP contribution is -2.36. The van der Waals surface area contributed by atoms with Crippen molar-refractivity contribution in [2.45, 2.75) is 45.1 Å². The van der Waals surface area contributed by atoms with Crippen molar-refractivity contribution in [2.75, 3.05) is 0 Å². The minimum absolute atomic E-state index is 0.101. The first-order valence-electron chi connectivity index (χ1n) is 4.59. The second kappa shape index (κ2) is 3.60. The number of carbonyl (C=O) groups is 1. The van der Waals surface area contributed by atoms with Crippen molar-refractivity contribution in [1.29, 1.82) is 0 Å². The summed E-state index contributed by atoms with van der Waals surface area (Å²) in [6.45, 7) is 3.50. The quantitative estimate of drug-likeness (QED) is 0.710. The monoisotopic (exact) mass is 191 g/mol. The van der Waals surface area contributed by atoms with Crippen LogP contribution in [0.4, 0.5) is 8.78 Å². The fraction of sp³-hybridized carbons (Fsp3) is 0.889. The molecule has 0 bridgehead atoms. The van der Waals surface area contributed by atoms with E-state index >= 15 is 0 Å². The molecule has 1 aliphatic carbocycles. The van der Waals surface area contributed by atoms with Gasteiger partial charge in [0.15, 0.2) is 0 Å². The maximum Gasteiger partial charge on any atom is 0.250 e. The van der Waals surface area contributed by atoms with Crippen LogP contribution in [0.25, 0.3) is 0 Å². The lowest BCUT2D eigenvalue weighted by atomic mass is 10.1. The Labute approximate surface area is 76.7 Å². The highest BCUT2D eigenvalue weighted by Gasteiger charge is 2.39. The van der Waals surface area contributed by atoms with Crippen molar-refractivity contribution < 1.29 is 13.6 Å². The van der Waals surface area contributed by atoms with Gasteiger partial charge in [-0.2, -0.15) is 0 Å². The van der Waals surface area contributed by atoms with E-state index in [4.69, 9.17) is 0 Å². The van der Waals surface area contributed by atoms with Crippen molar-refractivity contribution in [3.8, 4) is 0 Å². The zero-order valence-corrected chi connectivity index (χ0v) is 7.94. The SMILES string of the molecule is CC(C)C(=O)NC1CCC(F)(F)C1. The highest BCUT2D eigenvalue weighted by molar-refractivity contribution is 5.78. The maximum atomic E-state index is 12.7. The summed E-state index contributed by atoms with van der Waals surface area (Å²) in [7, 11) is 0. The van der Waals surface area contributed by atoms with Gasteiger partial charge in [-0.15, -0.1) is 0 Å². The van der Waals surface area contributed by atoms with Gasteiger partial charge < -0.3 is 5.32 Å². The molecule has 2 nitrogen and oxygen atoms in total. The van der Waals surface area contributed by atoms with Crippen LogP contribution in [0.1, 0.15) is 33.1 Å². The molecule has 0 heterocycles. The number of hydrogen-bond donors (Lipinski definition) is 1. The highest BCUT2D eigenvalue weighted by atomic mass is 19.3. The molecule has 76 valence electrons. The van der Waals surface area contributed by atoms with E-state index in [1.165, 1.54) is 0 Å². The van der Waals surface area contributed by atoms with Crippen molar-refractivity contribution in [2.24, 2.45) is 5.92 Å². The number of carbonyl (C=O) groups excluding carboxylic acids is 1. The third kappa shape index (κ3) is 2.94. The molecule has 1 amide bonds. The molecule has 0 aromatic rings. The zero-order chi connectivity index (χ0) is 10.1. The van der Waals surface area contributed by atoms with Gasteiger partial charge >= 0.3 is 0 Å². The molecular formula is C9H15F2NO. The first-order chi connectivity index (χ1) is 5.91. The third-order valence-corrected chi connectivity index (χ3v) is 2.27. The largest absolute Gasteiger partial charge is 0.353 e. The van der Waals surface area contributed by atoms with E-state index < -0.39 is 5.92 Å². The fourth-order valence-electron chi connectivity index (χ4n) is 1.44. The van der Waals surface area contributed by atoms with Gasteiger partial charge in [0.25, 0.3) is 0 Å². The number of hydrogen-bond acceptors (Lipinski definition) is 1. The topological polar surface area (TPSA) is 29.1 Å². The van der Waals surface area contributed by atoms with Crippen LogP contribution in [0.3, 0.4) is 0 Å². The normalized spacial score (nSPS) is 26.4. The first kappa shape index (κ1) is 10.4. The molecule has 0 spiro atoms. The van der Waals surface area contributed by atoms with Gasteiger partial charge in [-0.1, -0.05) is 13.8 Å². The number of rotatable bonds is 2.